The number of carbonyl (C=O) groups excluding carboxylic acids is 1. The lowest BCUT2D eigenvalue weighted by Gasteiger charge is -2.29. The third-order valence-electron chi connectivity index (χ3n) is 3.62. The standard InChI is InChI=1S/C13H19F3N2O3/c1-3-8(2)10(11(19)20)17-12(21)18-6-4-9(5-7-18)13(14,15)16/h4,8,10H,3,5-7H2,1-2H3,(H,17,21)(H,19,20). The monoisotopic (exact) mass is 308 g/mol. The van der Waals surface area contributed by atoms with E-state index >= 15 is 0 Å². The van der Waals surface area contributed by atoms with Gasteiger partial charge in [0, 0.05) is 18.7 Å². The molecule has 0 aliphatic carbocycles. The molecule has 2 atom stereocenters. The van der Waals surface area contributed by atoms with E-state index < -0.39 is 29.8 Å². The molecule has 1 rings (SSSR count). The van der Waals surface area contributed by atoms with Crippen molar-refractivity contribution in [3.63, 3.8) is 0 Å². The predicted octanol–water partition coefficient (Wildman–Crippen LogP) is 2.39. The number of urea groups is 1. The number of carboxylic acid groups (broad SMARTS) is 1. The maximum absolute atomic E-state index is 12.5. The molecule has 2 amide bonds. The molecule has 0 radical (unpaired) electrons. The average molecular weight is 308 g/mol. The number of nitrogens with zero attached hydrogens (tertiary/aromatic N) is 1. The number of carboxylic acids is 1. The Bertz CT molecular complexity index is 435. The zero-order valence-corrected chi connectivity index (χ0v) is 11.9. The van der Waals surface area contributed by atoms with Gasteiger partial charge in [-0.3, -0.25) is 0 Å². The number of aliphatic carboxylic acids is 1. The van der Waals surface area contributed by atoms with Crippen LogP contribution in [0.15, 0.2) is 11.6 Å². The fraction of sp³-hybridized carbons (Fsp3) is 0.692. The minimum Gasteiger partial charge on any atom is -0.480 e. The molecule has 120 valence electrons. The highest BCUT2D eigenvalue weighted by atomic mass is 19.4. The highest BCUT2D eigenvalue weighted by molar-refractivity contribution is 5.83. The van der Waals surface area contributed by atoms with Gasteiger partial charge in [0.05, 0.1) is 0 Å². The zero-order chi connectivity index (χ0) is 16.2. The van der Waals surface area contributed by atoms with Gasteiger partial charge in [-0.25, -0.2) is 9.59 Å². The lowest BCUT2D eigenvalue weighted by Crippen LogP contribution is -2.51. The van der Waals surface area contributed by atoms with Crippen LogP contribution in [0.4, 0.5) is 18.0 Å². The second-order valence-electron chi connectivity index (χ2n) is 5.07. The van der Waals surface area contributed by atoms with E-state index in [0.29, 0.717) is 6.42 Å². The van der Waals surface area contributed by atoms with Crippen molar-refractivity contribution >= 4 is 12.0 Å². The van der Waals surface area contributed by atoms with Crippen molar-refractivity contribution in [2.24, 2.45) is 5.92 Å². The largest absolute Gasteiger partial charge is 0.480 e. The first-order valence-corrected chi connectivity index (χ1v) is 6.71. The summed E-state index contributed by atoms with van der Waals surface area (Å²) in [6, 6.07) is -1.70. The van der Waals surface area contributed by atoms with E-state index in [1.54, 1.807) is 13.8 Å². The Morgan fingerprint density at radius 3 is 2.48 bits per heavy atom. The van der Waals surface area contributed by atoms with Crippen LogP contribution in [0.2, 0.25) is 0 Å². The SMILES string of the molecule is CCC(C)C(NC(=O)N1CC=C(C(F)(F)F)CC1)C(=O)O. The van der Waals surface area contributed by atoms with Crippen molar-refractivity contribution in [1.29, 1.82) is 0 Å². The van der Waals surface area contributed by atoms with Crippen LogP contribution in [-0.2, 0) is 4.79 Å². The summed E-state index contributed by atoms with van der Waals surface area (Å²) in [6.07, 6.45) is -3.13. The third kappa shape index (κ3) is 4.64. The number of alkyl halides is 3. The van der Waals surface area contributed by atoms with Crippen LogP contribution < -0.4 is 5.32 Å². The van der Waals surface area contributed by atoms with E-state index in [1.165, 1.54) is 4.90 Å². The molecule has 1 aliphatic heterocycles. The van der Waals surface area contributed by atoms with Crippen LogP contribution in [0.5, 0.6) is 0 Å². The summed E-state index contributed by atoms with van der Waals surface area (Å²) in [5.41, 5.74) is -0.650. The first-order chi connectivity index (χ1) is 9.66. The van der Waals surface area contributed by atoms with Crippen LogP contribution in [0.25, 0.3) is 0 Å². The molecule has 2 N–H and O–H groups in total. The quantitative estimate of drug-likeness (QED) is 0.784. The minimum absolute atomic E-state index is 0.0793. The van der Waals surface area contributed by atoms with E-state index in [2.05, 4.69) is 5.32 Å². The molecule has 0 spiro atoms. The lowest BCUT2D eigenvalue weighted by atomic mass is 9.99. The predicted molar refractivity (Wildman–Crippen MR) is 69.7 cm³/mol. The Balaban J connectivity index is 2.65. The van der Waals surface area contributed by atoms with Crippen LogP contribution in [0, 0.1) is 5.92 Å². The van der Waals surface area contributed by atoms with Gasteiger partial charge in [-0.2, -0.15) is 13.2 Å². The number of nitrogens with one attached hydrogen (secondary N) is 1. The van der Waals surface area contributed by atoms with Crippen molar-refractivity contribution in [1.82, 2.24) is 10.2 Å². The molecular formula is C13H19F3N2O3. The Morgan fingerprint density at radius 2 is 2.10 bits per heavy atom. The molecular weight excluding hydrogens is 289 g/mol. The second kappa shape index (κ2) is 6.82. The summed E-state index contributed by atoms with van der Waals surface area (Å²) in [5, 5.41) is 11.4. The Kier molecular flexibility index (Phi) is 5.62. The summed E-state index contributed by atoms with van der Waals surface area (Å²) >= 11 is 0. The van der Waals surface area contributed by atoms with Gasteiger partial charge in [0.25, 0.3) is 0 Å². The first kappa shape index (κ1) is 17.3. The number of hydrogen-bond donors (Lipinski definition) is 2. The van der Waals surface area contributed by atoms with Gasteiger partial charge in [-0.05, 0) is 12.3 Å². The van der Waals surface area contributed by atoms with Crippen LogP contribution >= 0.6 is 0 Å². The Labute approximate surface area is 120 Å². The molecule has 0 saturated carbocycles. The average Bonchev–Trinajstić information content (AvgIpc) is 2.42. The summed E-state index contributed by atoms with van der Waals surface area (Å²) < 4.78 is 37.4. The topological polar surface area (TPSA) is 69.6 Å². The van der Waals surface area contributed by atoms with Crippen LogP contribution in [0.1, 0.15) is 26.7 Å². The van der Waals surface area contributed by atoms with Crippen molar-refractivity contribution in [3.05, 3.63) is 11.6 Å². The minimum atomic E-state index is -4.37. The smallest absolute Gasteiger partial charge is 0.412 e. The van der Waals surface area contributed by atoms with E-state index in [4.69, 9.17) is 5.11 Å². The fourth-order valence-corrected chi connectivity index (χ4v) is 2.02. The lowest BCUT2D eigenvalue weighted by molar-refractivity contribution is -0.140. The van der Waals surface area contributed by atoms with Crippen molar-refractivity contribution in [2.75, 3.05) is 13.1 Å². The third-order valence-corrected chi connectivity index (χ3v) is 3.62. The number of carbonyl (C=O) groups is 2. The van der Waals surface area contributed by atoms with Crippen molar-refractivity contribution in [2.45, 2.75) is 38.9 Å². The molecule has 1 heterocycles. The number of halogens is 3. The highest BCUT2D eigenvalue weighted by Crippen LogP contribution is 2.30. The molecule has 2 unspecified atom stereocenters. The van der Waals surface area contributed by atoms with Gasteiger partial charge in [0.15, 0.2) is 0 Å². The van der Waals surface area contributed by atoms with E-state index in [-0.39, 0.29) is 25.4 Å². The number of hydrogen-bond acceptors (Lipinski definition) is 2. The second-order valence-corrected chi connectivity index (χ2v) is 5.07. The van der Waals surface area contributed by atoms with E-state index in [1.807, 2.05) is 0 Å². The van der Waals surface area contributed by atoms with Crippen molar-refractivity contribution in [3.8, 4) is 0 Å². The van der Waals surface area contributed by atoms with Gasteiger partial charge in [0.1, 0.15) is 6.04 Å². The van der Waals surface area contributed by atoms with Gasteiger partial charge in [0.2, 0.25) is 0 Å². The highest BCUT2D eigenvalue weighted by Gasteiger charge is 2.36. The first-order valence-electron chi connectivity index (χ1n) is 6.71. The van der Waals surface area contributed by atoms with E-state index in [9.17, 15) is 22.8 Å². The molecule has 0 aromatic carbocycles. The summed E-state index contributed by atoms with van der Waals surface area (Å²) in [4.78, 5) is 24.2. The number of rotatable bonds is 4. The maximum Gasteiger partial charge on any atom is 0.412 e. The summed E-state index contributed by atoms with van der Waals surface area (Å²) in [5.74, 6) is -1.42. The summed E-state index contributed by atoms with van der Waals surface area (Å²) in [6.45, 7) is 3.24. The molecule has 21 heavy (non-hydrogen) atoms. The maximum atomic E-state index is 12.5. The van der Waals surface area contributed by atoms with E-state index in [0.717, 1.165) is 6.08 Å². The molecule has 0 saturated heterocycles. The molecule has 5 nitrogen and oxygen atoms in total. The fourth-order valence-electron chi connectivity index (χ4n) is 2.02. The van der Waals surface area contributed by atoms with Crippen LogP contribution in [-0.4, -0.2) is 47.3 Å². The van der Waals surface area contributed by atoms with Gasteiger partial charge in [-0.1, -0.05) is 26.3 Å². The zero-order valence-electron chi connectivity index (χ0n) is 11.9. The van der Waals surface area contributed by atoms with Gasteiger partial charge >= 0.3 is 18.2 Å². The molecule has 0 aromatic rings. The molecule has 0 fully saturated rings. The Morgan fingerprint density at radius 1 is 1.48 bits per heavy atom. The molecule has 0 aromatic heterocycles. The summed E-state index contributed by atoms with van der Waals surface area (Å²) in [7, 11) is 0. The molecule has 0 bridgehead atoms. The number of amides is 2. The van der Waals surface area contributed by atoms with Crippen LogP contribution in [0.3, 0.4) is 0 Å². The Hall–Kier alpha value is -1.73. The van der Waals surface area contributed by atoms with Gasteiger partial charge < -0.3 is 15.3 Å². The van der Waals surface area contributed by atoms with Gasteiger partial charge in [-0.15, -0.1) is 0 Å². The molecule has 1 aliphatic rings. The molecule has 8 heteroatoms. The normalized spacial score (nSPS) is 18.7. The van der Waals surface area contributed by atoms with Crippen molar-refractivity contribution < 1.29 is 27.9 Å².